The highest BCUT2D eigenvalue weighted by Gasteiger charge is 2.04. The summed E-state index contributed by atoms with van der Waals surface area (Å²) >= 11 is 0. The van der Waals surface area contributed by atoms with Crippen molar-refractivity contribution in [3.8, 4) is 0 Å². The molecule has 0 atom stereocenters. The number of carboxylic acids is 2. The number of rotatable bonds is 11. The molecule has 0 unspecified atom stereocenters. The number of carboxylic acid groups (broad SMARTS) is 2. The molecule has 10 N–H and O–H groups in total. The Bertz CT molecular complexity index is 566. The molecule has 0 spiro atoms. The predicted molar refractivity (Wildman–Crippen MR) is 144 cm³/mol. The highest BCUT2D eigenvalue weighted by atomic mass is 16.6. The fourth-order valence-corrected chi connectivity index (χ4v) is 1.40. The second-order valence-corrected chi connectivity index (χ2v) is 8.36. The van der Waals surface area contributed by atoms with E-state index in [2.05, 4.69) is 59.3 Å². The number of carbonyl (C=O) groups is 5. The first kappa shape index (κ1) is 44.9. The van der Waals surface area contributed by atoms with E-state index < -0.39 is 24.1 Å². The minimum atomic E-state index is -1.82. The number of aldehydes is 1. The fourth-order valence-electron chi connectivity index (χ4n) is 1.40. The zero-order chi connectivity index (χ0) is 30.9. The third-order valence-electron chi connectivity index (χ3n) is 3.32. The molecule has 2 amide bonds. The van der Waals surface area contributed by atoms with Gasteiger partial charge < -0.3 is 24.5 Å². The van der Waals surface area contributed by atoms with Crippen LogP contribution in [-0.2, 0) is 23.9 Å². The highest BCUT2D eigenvalue weighted by molar-refractivity contribution is 6.27. The summed E-state index contributed by atoms with van der Waals surface area (Å²) in [7, 11) is 0. The van der Waals surface area contributed by atoms with E-state index >= 15 is 0 Å². The van der Waals surface area contributed by atoms with Crippen LogP contribution in [0.4, 0.5) is 9.59 Å². The lowest BCUT2D eigenvalue weighted by Crippen LogP contribution is -2.38. The van der Waals surface area contributed by atoms with Crippen LogP contribution in [-0.4, -0.2) is 66.9 Å². The number of hydrogen-bond donors (Lipinski definition) is 8. The van der Waals surface area contributed by atoms with Crippen LogP contribution in [0.3, 0.4) is 0 Å². The van der Waals surface area contributed by atoms with Gasteiger partial charge in [-0.3, -0.25) is 22.1 Å². The molecule has 15 heteroatoms. The van der Waals surface area contributed by atoms with Crippen molar-refractivity contribution in [1.82, 2.24) is 21.7 Å². The zero-order valence-electron chi connectivity index (χ0n) is 24.2. The van der Waals surface area contributed by atoms with Gasteiger partial charge in [0.15, 0.2) is 0 Å². The van der Waals surface area contributed by atoms with Gasteiger partial charge in [0.2, 0.25) is 0 Å². The van der Waals surface area contributed by atoms with Crippen molar-refractivity contribution in [2.75, 3.05) is 26.3 Å². The second-order valence-electron chi connectivity index (χ2n) is 8.36. The monoisotopic (exact) mass is 556 g/mol. The number of aliphatic carboxylic acids is 2. The van der Waals surface area contributed by atoms with Crippen LogP contribution in [0.1, 0.15) is 74.7 Å². The molecule has 0 aliphatic carbocycles. The standard InChI is InChI=1S/C8H18N2O2.C5H14N2.C5H10O.C3H8N2O2.C2H2O4/c1-4-12-8(11)10-9-6-5-7(2)3;1-5(2)3-4-7-6;1-5(2)3-4-6;1-2-7-3(6)5-4;3-1(4)2(5)6/h7,9H,4-6H2,1-3H3,(H,10,11);5,7H,3-4,6H2,1-2H3;4-5H,3H2,1-2H3;2,4H2,1H3,(H,5,6);(H,3,4)(H,5,6). The van der Waals surface area contributed by atoms with E-state index in [-0.39, 0.29) is 0 Å². The summed E-state index contributed by atoms with van der Waals surface area (Å²) in [6, 6.07) is 0. The molecule has 0 aliphatic rings. The van der Waals surface area contributed by atoms with Gasteiger partial charge in [-0.1, -0.05) is 41.5 Å². The van der Waals surface area contributed by atoms with Gasteiger partial charge in [0, 0.05) is 19.5 Å². The molecule has 0 aliphatic heterocycles. The molecule has 0 bridgehead atoms. The Labute approximate surface area is 226 Å². The zero-order valence-corrected chi connectivity index (χ0v) is 24.2. The number of amides is 2. The van der Waals surface area contributed by atoms with Crippen LogP contribution in [0.2, 0.25) is 0 Å². The molecule has 0 rings (SSSR count). The van der Waals surface area contributed by atoms with Crippen molar-refractivity contribution in [2.45, 2.75) is 74.7 Å². The van der Waals surface area contributed by atoms with E-state index in [1.54, 1.807) is 19.3 Å². The third kappa shape index (κ3) is 63.9. The number of ether oxygens (including phenoxy) is 2. The Morgan fingerprint density at radius 1 is 0.763 bits per heavy atom. The van der Waals surface area contributed by atoms with Gasteiger partial charge in [-0.05, 0) is 44.4 Å². The van der Waals surface area contributed by atoms with Crippen molar-refractivity contribution in [3.05, 3.63) is 0 Å². The number of nitrogens with one attached hydrogen (secondary N) is 4. The predicted octanol–water partition coefficient (Wildman–Crippen LogP) is 1.77. The van der Waals surface area contributed by atoms with E-state index in [0.29, 0.717) is 31.5 Å². The number of nitrogens with two attached hydrogens (primary N) is 2. The van der Waals surface area contributed by atoms with Crippen LogP contribution >= 0.6 is 0 Å². The lowest BCUT2D eigenvalue weighted by molar-refractivity contribution is -0.159. The Hall–Kier alpha value is -3.01. The molecular weight excluding hydrogens is 504 g/mol. The van der Waals surface area contributed by atoms with E-state index in [9.17, 15) is 14.4 Å². The van der Waals surface area contributed by atoms with Crippen molar-refractivity contribution in [2.24, 2.45) is 29.4 Å². The minimum absolute atomic E-state index is 0.350. The molecule has 0 radical (unpaired) electrons. The first-order valence-electron chi connectivity index (χ1n) is 12.3. The summed E-state index contributed by atoms with van der Waals surface area (Å²) in [5.41, 5.74) is 9.61. The van der Waals surface area contributed by atoms with Crippen LogP contribution in [0.25, 0.3) is 0 Å². The van der Waals surface area contributed by atoms with E-state index in [1.807, 2.05) is 13.8 Å². The molecule has 15 nitrogen and oxygen atoms in total. The largest absolute Gasteiger partial charge is 0.473 e. The molecular formula is C23H52N6O9. The van der Waals surface area contributed by atoms with Gasteiger partial charge in [-0.2, -0.15) is 0 Å². The molecule has 38 heavy (non-hydrogen) atoms. The summed E-state index contributed by atoms with van der Waals surface area (Å²) in [6.07, 6.45) is 2.83. The van der Waals surface area contributed by atoms with Gasteiger partial charge in [0.05, 0.1) is 13.2 Å². The molecule has 0 heterocycles. The van der Waals surface area contributed by atoms with Gasteiger partial charge in [0.25, 0.3) is 0 Å². The van der Waals surface area contributed by atoms with Crippen molar-refractivity contribution in [1.29, 1.82) is 0 Å². The normalized spacial score (nSPS) is 9.08. The summed E-state index contributed by atoms with van der Waals surface area (Å²) < 4.78 is 8.95. The lowest BCUT2D eigenvalue weighted by Gasteiger charge is -2.07. The van der Waals surface area contributed by atoms with Crippen LogP contribution in [0.15, 0.2) is 0 Å². The molecule has 0 aromatic heterocycles. The van der Waals surface area contributed by atoms with Crippen molar-refractivity contribution in [3.63, 3.8) is 0 Å². The Morgan fingerprint density at radius 3 is 1.39 bits per heavy atom. The summed E-state index contributed by atoms with van der Waals surface area (Å²) in [5.74, 6) is 7.94. The number of hydrazine groups is 3. The first-order chi connectivity index (χ1) is 17.7. The third-order valence-corrected chi connectivity index (χ3v) is 3.32. The van der Waals surface area contributed by atoms with E-state index in [4.69, 9.17) is 25.6 Å². The molecule has 0 fully saturated rings. The summed E-state index contributed by atoms with van der Waals surface area (Å²) in [5, 5.41) is 14.8. The maximum atomic E-state index is 10.7. The molecule has 0 aromatic rings. The SMILES string of the molecule is CC(C)CC=O.CC(C)CCNN.CCOC(=O)NN.CCOC(=O)NNCCC(C)C.O=C(O)C(=O)O. The fraction of sp³-hybridized carbons (Fsp3) is 0.783. The minimum Gasteiger partial charge on any atom is -0.473 e. The van der Waals surface area contributed by atoms with Gasteiger partial charge in [-0.25, -0.2) is 30.4 Å². The molecule has 228 valence electrons. The maximum Gasteiger partial charge on any atom is 0.421 e. The van der Waals surface area contributed by atoms with Gasteiger partial charge in [0.1, 0.15) is 6.29 Å². The van der Waals surface area contributed by atoms with E-state index in [0.717, 1.165) is 38.1 Å². The summed E-state index contributed by atoms with van der Waals surface area (Å²) in [4.78, 5) is 48.5. The Morgan fingerprint density at radius 2 is 1.18 bits per heavy atom. The van der Waals surface area contributed by atoms with Gasteiger partial charge >= 0.3 is 24.1 Å². The number of carbonyl (C=O) groups excluding carboxylic acids is 3. The van der Waals surface area contributed by atoms with Gasteiger partial charge in [-0.15, -0.1) is 0 Å². The van der Waals surface area contributed by atoms with E-state index in [1.165, 1.54) is 0 Å². The summed E-state index contributed by atoms with van der Waals surface area (Å²) in [6.45, 7) is 18.6. The average Bonchev–Trinajstić information content (AvgIpc) is 2.82. The van der Waals surface area contributed by atoms with Crippen molar-refractivity contribution >= 4 is 30.4 Å². The smallest absolute Gasteiger partial charge is 0.421 e. The lowest BCUT2D eigenvalue weighted by atomic mass is 10.1. The molecule has 0 saturated heterocycles. The quantitative estimate of drug-likeness (QED) is 0.0452. The van der Waals surface area contributed by atoms with Crippen LogP contribution < -0.4 is 33.4 Å². The van der Waals surface area contributed by atoms with Crippen LogP contribution in [0, 0.1) is 17.8 Å². The van der Waals surface area contributed by atoms with Crippen molar-refractivity contribution < 1.29 is 43.7 Å². The average molecular weight is 557 g/mol. The number of hydrogen-bond acceptors (Lipinski definition) is 11. The topological polar surface area (TPSA) is 244 Å². The Balaban J connectivity index is -0.000000123. The molecule has 0 saturated carbocycles. The second kappa shape index (κ2) is 36.1. The first-order valence-corrected chi connectivity index (χ1v) is 12.3. The maximum absolute atomic E-state index is 10.7. The van der Waals surface area contributed by atoms with Crippen LogP contribution in [0.5, 0.6) is 0 Å². The highest BCUT2D eigenvalue weighted by Crippen LogP contribution is 1.95. The molecule has 0 aromatic carbocycles. The Kier molecular flexibility index (Phi) is 42.8.